The normalized spacial score (nSPS) is 11.8. The van der Waals surface area contributed by atoms with Gasteiger partial charge in [-0.25, -0.2) is 0 Å². The van der Waals surface area contributed by atoms with E-state index in [1.807, 2.05) is 45.0 Å². The molecule has 2 aromatic rings. The summed E-state index contributed by atoms with van der Waals surface area (Å²) in [5.41, 5.74) is 0. The molecule has 1 aromatic heterocycles. The van der Waals surface area contributed by atoms with Crippen LogP contribution in [-0.4, -0.2) is 19.1 Å². The Kier molecular flexibility index (Phi) is 5.47. The lowest BCUT2D eigenvalue weighted by Gasteiger charge is -2.12. The molecular formula is C17H21NO4. The molecule has 118 valence electrons. The highest BCUT2D eigenvalue weighted by Gasteiger charge is 2.13. The fourth-order valence-electron chi connectivity index (χ4n) is 1.99. The highest BCUT2D eigenvalue weighted by molar-refractivity contribution is 5.77. The Morgan fingerprint density at radius 2 is 1.77 bits per heavy atom. The van der Waals surface area contributed by atoms with E-state index in [4.69, 9.17) is 13.9 Å². The number of rotatable bonds is 7. The summed E-state index contributed by atoms with van der Waals surface area (Å²) in [6.45, 7) is 6.24. The first-order valence-electron chi connectivity index (χ1n) is 7.30. The minimum absolute atomic E-state index is 0.0436. The number of hydrogen-bond acceptors (Lipinski definition) is 4. The van der Waals surface area contributed by atoms with Crippen molar-refractivity contribution in [1.29, 1.82) is 0 Å². The van der Waals surface area contributed by atoms with Gasteiger partial charge in [-0.15, -0.1) is 0 Å². The van der Waals surface area contributed by atoms with Gasteiger partial charge in [-0.3, -0.25) is 4.79 Å². The fraction of sp³-hybridized carbons (Fsp3) is 0.353. The molecule has 0 saturated carbocycles. The van der Waals surface area contributed by atoms with Gasteiger partial charge in [0.05, 0.1) is 12.6 Å². The molecule has 0 spiro atoms. The van der Waals surface area contributed by atoms with Crippen LogP contribution in [-0.2, 0) is 4.79 Å². The van der Waals surface area contributed by atoms with E-state index in [9.17, 15) is 4.79 Å². The highest BCUT2D eigenvalue weighted by atomic mass is 16.5. The summed E-state index contributed by atoms with van der Waals surface area (Å²) in [6, 6.07) is 10.7. The van der Waals surface area contributed by atoms with Crippen molar-refractivity contribution < 1.29 is 18.7 Å². The van der Waals surface area contributed by atoms with Gasteiger partial charge in [0.2, 0.25) is 0 Å². The zero-order valence-electron chi connectivity index (χ0n) is 13.1. The quantitative estimate of drug-likeness (QED) is 0.853. The number of hydrogen-bond donors (Lipinski definition) is 1. The molecule has 1 aromatic carbocycles. The smallest absolute Gasteiger partial charge is 0.258 e. The third kappa shape index (κ3) is 4.55. The largest absolute Gasteiger partial charge is 0.494 e. The van der Waals surface area contributed by atoms with Crippen LogP contribution >= 0.6 is 0 Å². The maximum absolute atomic E-state index is 11.9. The Morgan fingerprint density at radius 3 is 2.32 bits per heavy atom. The second-order valence-corrected chi connectivity index (χ2v) is 4.93. The Hall–Kier alpha value is -2.43. The van der Waals surface area contributed by atoms with Crippen molar-refractivity contribution in [3.05, 3.63) is 47.9 Å². The lowest BCUT2D eigenvalue weighted by molar-refractivity contribution is -0.123. The standard InChI is InChI=1S/C17H21NO4/c1-4-20-14-6-8-15(9-7-14)21-11-17(19)18-13(3)16-10-5-12(2)22-16/h5-10,13H,4,11H2,1-3H3,(H,18,19). The number of aryl methyl sites for hydroxylation is 1. The third-order valence-electron chi connectivity index (χ3n) is 3.07. The van der Waals surface area contributed by atoms with Crippen LogP contribution in [0.5, 0.6) is 11.5 Å². The van der Waals surface area contributed by atoms with Gasteiger partial charge in [-0.05, 0) is 57.2 Å². The molecule has 5 nitrogen and oxygen atoms in total. The van der Waals surface area contributed by atoms with Crippen LogP contribution < -0.4 is 14.8 Å². The molecular weight excluding hydrogens is 282 g/mol. The predicted octanol–water partition coefficient (Wildman–Crippen LogP) is 3.24. The summed E-state index contributed by atoms with van der Waals surface area (Å²) >= 11 is 0. The zero-order valence-corrected chi connectivity index (χ0v) is 13.1. The number of carbonyl (C=O) groups excluding carboxylic acids is 1. The third-order valence-corrected chi connectivity index (χ3v) is 3.07. The summed E-state index contributed by atoms with van der Waals surface area (Å²) in [7, 11) is 0. The van der Waals surface area contributed by atoms with Crippen LogP contribution in [0.2, 0.25) is 0 Å². The first-order valence-corrected chi connectivity index (χ1v) is 7.30. The van der Waals surface area contributed by atoms with Crippen LogP contribution in [0.4, 0.5) is 0 Å². The van der Waals surface area contributed by atoms with E-state index in [0.29, 0.717) is 12.4 Å². The minimum Gasteiger partial charge on any atom is -0.494 e. The Bertz CT molecular complexity index is 603. The molecule has 2 rings (SSSR count). The lowest BCUT2D eigenvalue weighted by Crippen LogP contribution is -2.31. The summed E-state index contributed by atoms with van der Waals surface area (Å²) in [5.74, 6) is 2.75. The van der Waals surface area contributed by atoms with Crippen molar-refractivity contribution in [2.45, 2.75) is 26.8 Å². The molecule has 0 aliphatic heterocycles. The van der Waals surface area contributed by atoms with Gasteiger partial charge in [0.25, 0.3) is 5.91 Å². The molecule has 5 heteroatoms. The second kappa shape index (κ2) is 7.54. The van der Waals surface area contributed by atoms with E-state index in [-0.39, 0.29) is 18.6 Å². The van der Waals surface area contributed by atoms with Gasteiger partial charge in [0.15, 0.2) is 6.61 Å². The van der Waals surface area contributed by atoms with Crippen LogP contribution in [0.15, 0.2) is 40.8 Å². The van der Waals surface area contributed by atoms with E-state index >= 15 is 0 Å². The van der Waals surface area contributed by atoms with Gasteiger partial charge < -0.3 is 19.2 Å². The lowest BCUT2D eigenvalue weighted by atomic mass is 10.2. The van der Waals surface area contributed by atoms with Gasteiger partial charge in [-0.1, -0.05) is 0 Å². The van der Waals surface area contributed by atoms with Crippen molar-refractivity contribution >= 4 is 5.91 Å². The Labute approximate surface area is 130 Å². The van der Waals surface area contributed by atoms with Crippen LogP contribution in [0, 0.1) is 6.92 Å². The molecule has 0 radical (unpaired) electrons. The minimum atomic E-state index is -0.199. The second-order valence-electron chi connectivity index (χ2n) is 4.93. The van der Waals surface area contributed by atoms with Crippen molar-refractivity contribution in [3.63, 3.8) is 0 Å². The predicted molar refractivity (Wildman–Crippen MR) is 83.1 cm³/mol. The summed E-state index contributed by atoms with van der Waals surface area (Å²) < 4.78 is 16.3. The molecule has 0 aliphatic carbocycles. The number of nitrogens with one attached hydrogen (secondary N) is 1. The zero-order chi connectivity index (χ0) is 15.9. The number of furan rings is 1. The SMILES string of the molecule is CCOc1ccc(OCC(=O)NC(C)c2ccc(C)o2)cc1. The van der Waals surface area contributed by atoms with Gasteiger partial charge in [-0.2, -0.15) is 0 Å². The summed E-state index contributed by atoms with van der Waals surface area (Å²) in [4.78, 5) is 11.9. The monoisotopic (exact) mass is 303 g/mol. The van der Waals surface area contributed by atoms with Crippen LogP contribution in [0.1, 0.15) is 31.4 Å². The fourth-order valence-corrected chi connectivity index (χ4v) is 1.99. The highest BCUT2D eigenvalue weighted by Crippen LogP contribution is 2.18. The summed E-state index contributed by atoms with van der Waals surface area (Å²) in [5, 5.41) is 2.83. The maximum atomic E-state index is 11.9. The van der Waals surface area contributed by atoms with Crippen LogP contribution in [0.3, 0.4) is 0 Å². The Morgan fingerprint density at radius 1 is 1.14 bits per heavy atom. The summed E-state index contributed by atoms with van der Waals surface area (Å²) in [6.07, 6.45) is 0. The molecule has 0 bridgehead atoms. The molecule has 1 N–H and O–H groups in total. The molecule has 1 unspecified atom stereocenters. The molecule has 0 saturated heterocycles. The van der Waals surface area contributed by atoms with Crippen molar-refractivity contribution in [2.75, 3.05) is 13.2 Å². The number of benzene rings is 1. The maximum Gasteiger partial charge on any atom is 0.258 e. The van der Waals surface area contributed by atoms with Crippen molar-refractivity contribution in [2.24, 2.45) is 0 Å². The van der Waals surface area contributed by atoms with Gasteiger partial charge in [0.1, 0.15) is 23.0 Å². The van der Waals surface area contributed by atoms with E-state index in [0.717, 1.165) is 17.3 Å². The first-order chi connectivity index (χ1) is 10.6. The number of amides is 1. The molecule has 1 heterocycles. The van der Waals surface area contributed by atoms with E-state index in [1.165, 1.54) is 0 Å². The van der Waals surface area contributed by atoms with E-state index in [2.05, 4.69) is 5.32 Å². The van der Waals surface area contributed by atoms with E-state index in [1.54, 1.807) is 12.1 Å². The molecule has 1 atom stereocenters. The molecule has 0 fully saturated rings. The van der Waals surface area contributed by atoms with E-state index < -0.39 is 0 Å². The van der Waals surface area contributed by atoms with Crippen molar-refractivity contribution in [1.82, 2.24) is 5.32 Å². The first kappa shape index (κ1) is 15.9. The topological polar surface area (TPSA) is 60.7 Å². The number of ether oxygens (including phenoxy) is 2. The average Bonchev–Trinajstić information content (AvgIpc) is 2.93. The van der Waals surface area contributed by atoms with Gasteiger partial charge >= 0.3 is 0 Å². The number of carbonyl (C=O) groups is 1. The average molecular weight is 303 g/mol. The van der Waals surface area contributed by atoms with Crippen LogP contribution in [0.25, 0.3) is 0 Å². The Balaban J connectivity index is 1.79. The van der Waals surface area contributed by atoms with Crippen molar-refractivity contribution in [3.8, 4) is 11.5 Å². The molecule has 1 amide bonds. The molecule has 0 aliphatic rings. The molecule has 22 heavy (non-hydrogen) atoms. The van der Waals surface area contributed by atoms with Gasteiger partial charge in [0, 0.05) is 0 Å².